The van der Waals surface area contributed by atoms with Crippen LogP contribution in [0.1, 0.15) is 32.4 Å². The first kappa shape index (κ1) is 14.8. The first-order chi connectivity index (χ1) is 8.24. The molecule has 0 bridgehead atoms. The van der Waals surface area contributed by atoms with Crippen LogP contribution in [0.5, 0.6) is 5.75 Å². The Balaban J connectivity index is 2.78. The first-order valence-electron chi connectivity index (χ1n) is 5.58. The van der Waals surface area contributed by atoms with Crippen molar-refractivity contribution in [3.05, 3.63) is 28.8 Å². The zero-order valence-electron chi connectivity index (χ0n) is 10.6. The Kier molecular flexibility index (Phi) is 4.59. The minimum atomic E-state index is -0.980. The van der Waals surface area contributed by atoms with Crippen molar-refractivity contribution in [3.8, 4) is 5.75 Å². The van der Waals surface area contributed by atoms with Crippen molar-refractivity contribution in [2.24, 2.45) is 5.41 Å². The van der Waals surface area contributed by atoms with Gasteiger partial charge in [0.2, 0.25) is 0 Å². The van der Waals surface area contributed by atoms with E-state index in [1.807, 2.05) is 0 Å². The fourth-order valence-corrected chi connectivity index (χ4v) is 1.46. The average Bonchev–Trinajstić information content (AvgIpc) is 2.26. The number of aliphatic carboxylic acids is 1. The van der Waals surface area contributed by atoms with Gasteiger partial charge in [0, 0.05) is 0 Å². The van der Waals surface area contributed by atoms with Gasteiger partial charge in [0.05, 0.1) is 16.5 Å². The molecule has 0 aliphatic carbocycles. The van der Waals surface area contributed by atoms with Gasteiger partial charge in [-0.2, -0.15) is 0 Å². The highest BCUT2D eigenvalue weighted by Crippen LogP contribution is 2.29. The molecule has 1 aromatic rings. The fourth-order valence-electron chi connectivity index (χ4n) is 1.21. The molecule has 0 spiro atoms. The van der Waals surface area contributed by atoms with E-state index < -0.39 is 17.5 Å². The highest BCUT2D eigenvalue weighted by atomic mass is 35.5. The van der Waals surface area contributed by atoms with E-state index in [1.165, 1.54) is 0 Å². The number of aliphatic hydroxyl groups is 1. The molecule has 0 radical (unpaired) electrons. The molecule has 1 atom stereocenters. The summed E-state index contributed by atoms with van der Waals surface area (Å²) in [6.45, 7) is 4.82. The maximum Gasteiger partial charge on any atom is 0.312 e. The maximum absolute atomic E-state index is 10.9. The first-order valence-corrected chi connectivity index (χ1v) is 5.95. The minimum absolute atomic E-state index is 0.0239. The zero-order chi connectivity index (χ0) is 13.9. The number of benzene rings is 1. The van der Waals surface area contributed by atoms with Crippen LogP contribution in [0.15, 0.2) is 18.2 Å². The van der Waals surface area contributed by atoms with Crippen molar-refractivity contribution in [1.29, 1.82) is 0 Å². The summed E-state index contributed by atoms with van der Waals surface area (Å²) in [6, 6.07) is 4.93. The lowest BCUT2D eigenvalue weighted by Gasteiger charge is -2.20. The third-order valence-corrected chi connectivity index (χ3v) is 2.90. The normalized spacial score (nSPS) is 13.2. The van der Waals surface area contributed by atoms with Gasteiger partial charge in [-0.1, -0.05) is 17.7 Å². The summed E-state index contributed by atoms with van der Waals surface area (Å²) in [5.74, 6) is -0.519. The zero-order valence-corrected chi connectivity index (χ0v) is 11.4. The highest BCUT2D eigenvalue weighted by Gasteiger charge is 2.28. The Hall–Kier alpha value is -1.26. The molecule has 1 rings (SSSR count). The largest absolute Gasteiger partial charge is 0.491 e. The summed E-state index contributed by atoms with van der Waals surface area (Å²) in [4.78, 5) is 10.9. The molecule has 0 aromatic heterocycles. The molecule has 1 aromatic carbocycles. The SMILES string of the molecule is CC(O)c1ccc(OCC(C)(C)C(=O)O)c(Cl)c1. The second kappa shape index (κ2) is 5.59. The molecule has 0 aliphatic heterocycles. The average molecular weight is 273 g/mol. The smallest absolute Gasteiger partial charge is 0.312 e. The van der Waals surface area contributed by atoms with Crippen molar-refractivity contribution in [2.75, 3.05) is 6.61 Å². The topological polar surface area (TPSA) is 66.8 Å². The Morgan fingerprint density at radius 2 is 2.11 bits per heavy atom. The molecular weight excluding hydrogens is 256 g/mol. The number of aliphatic hydroxyl groups excluding tert-OH is 1. The van der Waals surface area contributed by atoms with Gasteiger partial charge in [0.25, 0.3) is 0 Å². The van der Waals surface area contributed by atoms with E-state index in [-0.39, 0.29) is 6.61 Å². The van der Waals surface area contributed by atoms with Gasteiger partial charge in [0.15, 0.2) is 0 Å². The number of hydrogen-bond acceptors (Lipinski definition) is 3. The van der Waals surface area contributed by atoms with Crippen molar-refractivity contribution in [1.82, 2.24) is 0 Å². The number of carbonyl (C=O) groups is 1. The predicted octanol–water partition coefficient (Wildman–Crippen LogP) is 2.88. The highest BCUT2D eigenvalue weighted by molar-refractivity contribution is 6.32. The fraction of sp³-hybridized carbons (Fsp3) is 0.462. The molecular formula is C13H17ClO4. The van der Waals surface area contributed by atoms with E-state index >= 15 is 0 Å². The van der Waals surface area contributed by atoms with Crippen LogP contribution >= 0.6 is 11.6 Å². The van der Waals surface area contributed by atoms with E-state index in [2.05, 4.69) is 0 Å². The molecule has 100 valence electrons. The summed E-state index contributed by atoms with van der Waals surface area (Å²) in [5, 5.41) is 18.7. The summed E-state index contributed by atoms with van der Waals surface area (Å²) in [6.07, 6.45) is -0.605. The molecule has 5 heteroatoms. The van der Waals surface area contributed by atoms with Crippen LogP contribution in [0.4, 0.5) is 0 Å². The number of carboxylic acids is 1. The summed E-state index contributed by atoms with van der Waals surface area (Å²) < 4.78 is 5.40. The van der Waals surface area contributed by atoms with Crippen molar-refractivity contribution < 1.29 is 19.7 Å². The van der Waals surface area contributed by atoms with E-state index in [0.717, 1.165) is 0 Å². The van der Waals surface area contributed by atoms with Gasteiger partial charge >= 0.3 is 5.97 Å². The van der Waals surface area contributed by atoms with E-state index in [1.54, 1.807) is 39.0 Å². The Bertz CT molecular complexity index is 441. The van der Waals surface area contributed by atoms with E-state index in [0.29, 0.717) is 16.3 Å². The second-order valence-electron chi connectivity index (χ2n) is 4.84. The van der Waals surface area contributed by atoms with Crippen molar-refractivity contribution in [3.63, 3.8) is 0 Å². The molecule has 4 nitrogen and oxygen atoms in total. The molecule has 0 heterocycles. The van der Waals surface area contributed by atoms with Gasteiger partial charge in [-0.15, -0.1) is 0 Å². The number of halogens is 1. The summed E-state index contributed by atoms with van der Waals surface area (Å²) >= 11 is 6.00. The molecule has 0 amide bonds. The van der Waals surface area contributed by atoms with Crippen LogP contribution in [-0.4, -0.2) is 22.8 Å². The molecule has 1 unspecified atom stereocenters. The lowest BCUT2D eigenvalue weighted by molar-refractivity contribution is -0.148. The standard InChI is InChI=1S/C13H17ClO4/c1-8(15)9-4-5-11(10(14)6-9)18-7-13(2,3)12(16)17/h4-6,8,15H,7H2,1-3H3,(H,16,17). The van der Waals surface area contributed by atoms with Crippen LogP contribution < -0.4 is 4.74 Å². The van der Waals surface area contributed by atoms with E-state index in [9.17, 15) is 9.90 Å². The lowest BCUT2D eigenvalue weighted by Crippen LogP contribution is -2.30. The minimum Gasteiger partial charge on any atom is -0.491 e. The Morgan fingerprint density at radius 3 is 2.56 bits per heavy atom. The number of rotatable bonds is 5. The van der Waals surface area contributed by atoms with Gasteiger partial charge in [0.1, 0.15) is 12.4 Å². The Labute approximate surface area is 111 Å². The van der Waals surface area contributed by atoms with E-state index in [4.69, 9.17) is 21.4 Å². The third-order valence-electron chi connectivity index (χ3n) is 2.61. The summed E-state index contributed by atoms with van der Waals surface area (Å²) in [7, 11) is 0. The second-order valence-corrected chi connectivity index (χ2v) is 5.25. The van der Waals surface area contributed by atoms with Gasteiger partial charge in [-0.05, 0) is 38.5 Å². The Morgan fingerprint density at radius 1 is 1.50 bits per heavy atom. The molecule has 0 saturated carbocycles. The molecule has 0 fully saturated rings. The lowest BCUT2D eigenvalue weighted by atomic mass is 9.95. The van der Waals surface area contributed by atoms with Crippen molar-refractivity contribution in [2.45, 2.75) is 26.9 Å². The number of carboxylic acid groups (broad SMARTS) is 1. The quantitative estimate of drug-likeness (QED) is 0.865. The van der Waals surface area contributed by atoms with Gasteiger partial charge in [-0.3, -0.25) is 4.79 Å². The number of hydrogen-bond donors (Lipinski definition) is 2. The monoisotopic (exact) mass is 272 g/mol. The molecule has 0 aliphatic rings. The predicted molar refractivity (Wildman–Crippen MR) is 69.0 cm³/mol. The van der Waals surface area contributed by atoms with Crippen LogP contribution in [0.25, 0.3) is 0 Å². The molecule has 0 saturated heterocycles. The molecule has 2 N–H and O–H groups in total. The van der Waals surface area contributed by atoms with Crippen LogP contribution in [0.3, 0.4) is 0 Å². The molecule has 18 heavy (non-hydrogen) atoms. The van der Waals surface area contributed by atoms with Gasteiger partial charge in [-0.25, -0.2) is 0 Å². The van der Waals surface area contributed by atoms with Crippen molar-refractivity contribution >= 4 is 17.6 Å². The van der Waals surface area contributed by atoms with Gasteiger partial charge < -0.3 is 14.9 Å². The van der Waals surface area contributed by atoms with Crippen LogP contribution in [0, 0.1) is 5.41 Å². The third kappa shape index (κ3) is 3.62. The maximum atomic E-state index is 10.9. The van der Waals surface area contributed by atoms with Crippen LogP contribution in [0.2, 0.25) is 5.02 Å². The number of ether oxygens (including phenoxy) is 1. The summed E-state index contributed by atoms with van der Waals surface area (Å²) in [5.41, 5.74) is -0.295. The van der Waals surface area contributed by atoms with Crippen LogP contribution in [-0.2, 0) is 4.79 Å².